The zero-order chi connectivity index (χ0) is 21.8. The summed E-state index contributed by atoms with van der Waals surface area (Å²) in [7, 11) is 0. The lowest BCUT2D eigenvalue weighted by Crippen LogP contribution is -2.35. The van der Waals surface area contributed by atoms with E-state index in [1.807, 2.05) is 35.9 Å². The molecule has 0 radical (unpaired) electrons. The van der Waals surface area contributed by atoms with Crippen LogP contribution in [0, 0.1) is 13.8 Å². The zero-order valence-electron chi connectivity index (χ0n) is 18.1. The smallest absolute Gasteiger partial charge is 0.251 e. The molecular weight excluding hydrogens is 388 g/mol. The number of amides is 2. The molecule has 2 aromatic carbocycles. The lowest BCUT2D eigenvalue weighted by molar-refractivity contribution is -0.119. The van der Waals surface area contributed by atoms with Gasteiger partial charge in [0, 0.05) is 36.5 Å². The summed E-state index contributed by atoms with van der Waals surface area (Å²) in [4.78, 5) is 26.5. The fraction of sp³-hybridized carbons (Fsp3) is 0.320. The SMILES string of the molecule is Cc1cc(C)n(Cc2cccc(CNC(=O)c3ccc(N4CCCCC4=O)cc3)c2)n1. The van der Waals surface area contributed by atoms with E-state index in [2.05, 4.69) is 35.5 Å². The number of aromatic nitrogens is 2. The minimum absolute atomic E-state index is 0.125. The topological polar surface area (TPSA) is 67.2 Å². The Hall–Kier alpha value is -3.41. The number of rotatable bonds is 6. The van der Waals surface area contributed by atoms with Crippen LogP contribution in [-0.4, -0.2) is 28.1 Å². The number of hydrogen-bond donors (Lipinski definition) is 1. The summed E-state index contributed by atoms with van der Waals surface area (Å²) in [6.45, 7) is 5.95. The molecule has 160 valence electrons. The summed E-state index contributed by atoms with van der Waals surface area (Å²) >= 11 is 0. The first kappa shape index (κ1) is 20.8. The number of nitrogens with one attached hydrogen (secondary N) is 1. The zero-order valence-corrected chi connectivity index (χ0v) is 18.1. The summed E-state index contributed by atoms with van der Waals surface area (Å²) in [6, 6.07) is 17.5. The number of carbonyl (C=O) groups is 2. The van der Waals surface area contributed by atoms with Crippen molar-refractivity contribution in [2.75, 3.05) is 11.4 Å². The molecule has 0 saturated carbocycles. The van der Waals surface area contributed by atoms with E-state index in [1.54, 1.807) is 17.0 Å². The van der Waals surface area contributed by atoms with Gasteiger partial charge >= 0.3 is 0 Å². The predicted octanol–water partition coefficient (Wildman–Crippen LogP) is 4.00. The Labute approximate surface area is 182 Å². The highest BCUT2D eigenvalue weighted by molar-refractivity contribution is 5.96. The van der Waals surface area contributed by atoms with Gasteiger partial charge in [-0.25, -0.2) is 0 Å². The van der Waals surface area contributed by atoms with Crippen LogP contribution in [0.3, 0.4) is 0 Å². The molecule has 2 amide bonds. The highest BCUT2D eigenvalue weighted by Gasteiger charge is 2.19. The maximum absolute atomic E-state index is 12.6. The van der Waals surface area contributed by atoms with Crippen molar-refractivity contribution in [3.05, 3.63) is 82.7 Å². The molecule has 1 N–H and O–H groups in total. The maximum atomic E-state index is 12.6. The standard InChI is InChI=1S/C25H28N4O2/c1-18-14-19(2)29(27-18)17-21-7-5-6-20(15-21)16-26-25(31)22-9-11-23(12-10-22)28-13-4-3-8-24(28)30/h5-7,9-12,14-15H,3-4,8,13,16-17H2,1-2H3,(H,26,31). The van der Waals surface area contributed by atoms with Gasteiger partial charge in [-0.2, -0.15) is 5.10 Å². The normalized spacial score (nSPS) is 14.0. The minimum Gasteiger partial charge on any atom is -0.348 e. The third kappa shape index (κ3) is 5.02. The summed E-state index contributed by atoms with van der Waals surface area (Å²) in [5.41, 5.74) is 5.78. The van der Waals surface area contributed by atoms with Crippen molar-refractivity contribution >= 4 is 17.5 Å². The van der Waals surface area contributed by atoms with Gasteiger partial charge in [0.05, 0.1) is 12.2 Å². The summed E-state index contributed by atoms with van der Waals surface area (Å²) in [5, 5.41) is 7.50. The van der Waals surface area contributed by atoms with Crippen LogP contribution < -0.4 is 10.2 Å². The van der Waals surface area contributed by atoms with Crippen molar-refractivity contribution in [1.29, 1.82) is 0 Å². The molecule has 0 atom stereocenters. The molecular formula is C25H28N4O2. The van der Waals surface area contributed by atoms with Gasteiger partial charge in [0.15, 0.2) is 0 Å². The second kappa shape index (κ2) is 9.16. The Balaban J connectivity index is 1.36. The highest BCUT2D eigenvalue weighted by Crippen LogP contribution is 2.21. The van der Waals surface area contributed by atoms with Crippen LogP contribution in [0.25, 0.3) is 0 Å². The average Bonchev–Trinajstić information content (AvgIpc) is 3.09. The van der Waals surface area contributed by atoms with Crippen molar-refractivity contribution < 1.29 is 9.59 Å². The van der Waals surface area contributed by atoms with Crippen molar-refractivity contribution in [2.45, 2.75) is 46.2 Å². The first-order valence-corrected chi connectivity index (χ1v) is 10.8. The Morgan fingerprint density at radius 1 is 1.03 bits per heavy atom. The van der Waals surface area contributed by atoms with Gasteiger partial charge in [-0.15, -0.1) is 0 Å². The fourth-order valence-electron chi connectivity index (χ4n) is 4.00. The molecule has 4 rings (SSSR count). The van der Waals surface area contributed by atoms with Gasteiger partial charge in [-0.05, 0) is 68.1 Å². The molecule has 0 spiro atoms. The molecule has 6 nitrogen and oxygen atoms in total. The van der Waals surface area contributed by atoms with Crippen molar-refractivity contribution in [2.24, 2.45) is 0 Å². The van der Waals surface area contributed by atoms with E-state index in [1.165, 1.54) is 0 Å². The number of aryl methyl sites for hydroxylation is 2. The van der Waals surface area contributed by atoms with Gasteiger partial charge in [0.2, 0.25) is 5.91 Å². The predicted molar refractivity (Wildman–Crippen MR) is 121 cm³/mol. The Kier molecular flexibility index (Phi) is 6.16. The van der Waals surface area contributed by atoms with Gasteiger partial charge in [-0.3, -0.25) is 14.3 Å². The van der Waals surface area contributed by atoms with Crippen LogP contribution in [0.1, 0.15) is 52.1 Å². The minimum atomic E-state index is -0.125. The number of hydrogen-bond acceptors (Lipinski definition) is 3. The average molecular weight is 417 g/mol. The highest BCUT2D eigenvalue weighted by atomic mass is 16.2. The number of benzene rings is 2. The van der Waals surface area contributed by atoms with E-state index < -0.39 is 0 Å². The van der Waals surface area contributed by atoms with Crippen LogP contribution >= 0.6 is 0 Å². The number of nitrogens with zero attached hydrogens (tertiary/aromatic N) is 3. The number of carbonyl (C=O) groups excluding carboxylic acids is 2. The van der Waals surface area contributed by atoms with E-state index in [-0.39, 0.29) is 11.8 Å². The molecule has 31 heavy (non-hydrogen) atoms. The molecule has 0 aliphatic carbocycles. The van der Waals surface area contributed by atoms with Crippen LogP contribution in [0.2, 0.25) is 0 Å². The van der Waals surface area contributed by atoms with E-state index in [4.69, 9.17) is 0 Å². The molecule has 6 heteroatoms. The lowest BCUT2D eigenvalue weighted by atomic mass is 10.1. The van der Waals surface area contributed by atoms with Crippen molar-refractivity contribution in [3.63, 3.8) is 0 Å². The molecule has 2 heterocycles. The van der Waals surface area contributed by atoms with E-state index in [9.17, 15) is 9.59 Å². The Morgan fingerprint density at radius 3 is 2.52 bits per heavy atom. The first-order valence-electron chi connectivity index (χ1n) is 10.8. The molecule has 1 fully saturated rings. The summed E-state index contributed by atoms with van der Waals surface area (Å²) in [5.74, 6) is 0.0317. The van der Waals surface area contributed by atoms with E-state index >= 15 is 0 Å². The third-order valence-electron chi connectivity index (χ3n) is 5.64. The Bertz CT molecular complexity index is 1090. The molecule has 1 aliphatic rings. The first-order chi connectivity index (χ1) is 15.0. The molecule has 1 saturated heterocycles. The van der Waals surface area contributed by atoms with Crippen LogP contribution in [-0.2, 0) is 17.9 Å². The van der Waals surface area contributed by atoms with E-state index in [0.29, 0.717) is 25.1 Å². The monoisotopic (exact) mass is 416 g/mol. The Morgan fingerprint density at radius 2 is 1.81 bits per heavy atom. The lowest BCUT2D eigenvalue weighted by Gasteiger charge is -2.26. The quantitative estimate of drug-likeness (QED) is 0.661. The maximum Gasteiger partial charge on any atom is 0.251 e. The van der Waals surface area contributed by atoms with Crippen molar-refractivity contribution in [1.82, 2.24) is 15.1 Å². The van der Waals surface area contributed by atoms with E-state index in [0.717, 1.165) is 47.6 Å². The summed E-state index contributed by atoms with van der Waals surface area (Å²) < 4.78 is 1.99. The fourth-order valence-corrected chi connectivity index (χ4v) is 4.00. The molecule has 0 bridgehead atoms. The third-order valence-corrected chi connectivity index (χ3v) is 5.64. The molecule has 1 aromatic heterocycles. The van der Waals surface area contributed by atoms with Crippen LogP contribution in [0.15, 0.2) is 54.6 Å². The molecule has 0 unspecified atom stereocenters. The van der Waals surface area contributed by atoms with Gasteiger partial charge in [-0.1, -0.05) is 24.3 Å². The second-order valence-electron chi connectivity index (χ2n) is 8.14. The van der Waals surface area contributed by atoms with Gasteiger partial charge in [0.1, 0.15) is 0 Å². The van der Waals surface area contributed by atoms with Crippen LogP contribution in [0.5, 0.6) is 0 Å². The second-order valence-corrected chi connectivity index (χ2v) is 8.14. The number of anilines is 1. The largest absolute Gasteiger partial charge is 0.348 e. The summed E-state index contributed by atoms with van der Waals surface area (Å²) in [6.07, 6.45) is 2.58. The van der Waals surface area contributed by atoms with Crippen molar-refractivity contribution in [3.8, 4) is 0 Å². The van der Waals surface area contributed by atoms with Gasteiger partial charge in [0.25, 0.3) is 5.91 Å². The van der Waals surface area contributed by atoms with Crippen LogP contribution in [0.4, 0.5) is 5.69 Å². The molecule has 3 aromatic rings. The molecule has 1 aliphatic heterocycles. The number of piperidine rings is 1. The van der Waals surface area contributed by atoms with Gasteiger partial charge < -0.3 is 10.2 Å².